The number of primary amides is 1. The number of Topliss-reactive ketones (excluding diaryl/α,β-unsaturated/α-hetero) is 1. The molecular weight excluding hydrogens is 307 g/mol. The molecule has 0 fully saturated rings. The SMILES string of the molecule is CCC(=O)CONC(N)=O.O=[P+](O)CCCc1ccccc1. The predicted molar refractivity (Wildman–Crippen MR) is 83.4 cm³/mol. The van der Waals surface area contributed by atoms with Crippen molar-refractivity contribution in [2.24, 2.45) is 5.73 Å². The molecule has 0 bridgehead atoms. The highest BCUT2D eigenvalue weighted by atomic mass is 31.1. The van der Waals surface area contributed by atoms with E-state index in [2.05, 4.69) is 10.6 Å². The molecule has 1 unspecified atom stereocenters. The van der Waals surface area contributed by atoms with Crippen LogP contribution in [0.3, 0.4) is 0 Å². The molecule has 1 aromatic carbocycles. The standard InChI is InChI=1S/C9H11O2P.C5H10N2O3/c10-12(11)8-4-7-9-5-2-1-3-6-9;1-2-4(8)3-10-7-5(6)9/h1-3,5-6H,4,7-8H2;2-3H2,1H3,(H3,6,7,9)/p+1. The fourth-order valence-corrected chi connectivity index (χ4v) is 1.78. The van der Waals surface area contributed by atoms with Gasteiger partial charge in [0, 0.05) is 6.42 Å². The van der Waals surface area contributed by atoms with Gasteiger partial charge >= 0.3 is 14.1 Å². The molecule has 2 amide bonds. The van der Waals surface area contributed by atoms with Crippen molar-refractivity contribution < 1.29 is 23.9 Å². The Morgan fingerprint density at radius 3 is 2.45 bits per heavy atom. The minimum absolute atomic E-state index is 0.0891. The number of nitrogens with one attached hydrogen (secondary N) is 1. The van der Waals surface area contributed by atoms with E-state index in [0.29, 0.717) is 12.6 Å². The van der Waals surface area contributed by atoms with Crippen molar-refractivity contribution in [1.82, 2.24) is 5.48 Å². The maximum atomic E-state index is 10.5. The molecule has 0 aliphatic carbocycles. The van der Waals surface area contributed by atoms with Crippen LogP contribution in [0.25, 0.3) is 0 Å². The van der Waals surface area contributed by atoms with Crippen molar-refractivity contribution in [3.05, 3.63) is 35.9 Å². The molecule has 0 aliphatic heterocycles. The molecule has 1 aromatic rings. The summed E-state index contributed by atoms with van der Waals surface area (Å²) in [6, 6.07) is 9.19. The summed E-state index contributed by atoms with van der Waals surface area (Å²) in [4.78, 5) is 33.3. The van der Waals surface area contributed by atoms with Gasteiger partial charge in [0.15, 0.2) is 11.9 Å². The molecule has 0 heterocycles. The number of carbonyl (C=O) groups is 2. The third-order valence-electron chi connectivity index (χ3n) is 2.46. The Hall–Kier alpha value is -1.82. The molecule has 1 atom stereocenters. The van der Waals surface area contributed by atoms with Crippen LogP contribution in [0, 0.1) is 0 Å². The topological polar surface area (TPSA) is 119 Å². The summed E-state index contributed by atoms with van der Waals surface area (Å²) in [6.07, 6.45) is 2.48. The summed E-state index contributed by atoms with van der Waals surface area (Å²) >= 11 is 0. The molecule has 122 valence electrons. The zero-order valence-electron chi connectivity index (χ0n) is 12.5. The molecule has 0 radical (unpaired) electrons. The molecule has 0 saturated carbocycles. The Kier molecular flexibility index (Phi) is 11.8. The van der Waals surface area contributed by atoms with E-state index in [1.54, 1.807) is 6.92 Å². The normalized spacial score (nSPS) is 10.2. The highest BCUT2D eigenvalue weighted by Crippen LogP contribution is 2.15. The van der Waals surface area contributed by atoms with Gasteiger partial charge in [0.2, 0.25) is 0 Å². The number of hydroxylamine groups is 1. The first-order chi connectivity index (χ1) is 10.5. The van der Waals surface area contributed by atoms with Gasteiger partial charge in [-0.05, 0) is 23.0 Å². The number of aryl methyl sites for hydroxylation is 1. The zero-order valence-corrected chi connectivity index (χ0v) is 13.4. The first-order valence-electron chi connectivity index (χ1n) is 6.82. The lowest BCUT2D eigenvalue weighted by Gasteiger charge is -1.99. The third kappa shape index (κ3) is 13.2. The van der Waals surface area contributed by atoms with Gasteiger partial charge in [-0.1, -0.05) is 37.3 Å². The summed E-state index contributed by atoms with van der Waals surface area (Å²) in [5.41, 5.74) is 7.69. The number of benzene rings is 1. The Labute approximate surface area is 130 Å². The van der Waals surface area contributed by atoms with Gasteiger partial charge in [-0.2, -0.15) is 4.89 Å². The van der Waals surface area contributed by atoms with Gasteiger partial charge in [-0.25, -0.2) is 10.3 Å². The maximum absolute atomic E-state index is 10.5. The average Bonchev–Trinajstić information content (AvgIpc) is 2.48. The number of urea groups is 1. The Bertz CT molecular complexity index is 468. The number of ketones is 1. The molecule has 0 aliphatic rings. The molecule has 0 spiro atoms. The Morgan fingerprint density at radius 1 is 1.32 bits per heavy atom. The summed E-state index contributed by atoms with van der Waals surface area (Å²) in [6.45, 7) is 1.58. The summed E-state index contributed by atoms with van der Waals surface area (Å²) in [7, 11) is -1.95. The van der Waals surface area contributed by atoms with Crippen LogP contribution in [0.1, 0.15) is 25.3 Å². The number of rotatable bonds is 8. The number of amides is 2. The summed E-state index contributed by atoms with van der Waals surface area (Å²) in [5.74, 6) is -0.0891. The Balaban J connectivity index is 0.000000409. The fraction of sp³-hybridized carbons (Fsp3) is 0.429. The number of carbonyl (C=O) groups excluding carboxylic acids is 2. The van der Waals surface area contributed by atoms with Gasteiger partial charge in [-0.15, -0.1) is 0 Å². The van der Waals surface area contributed by atoms with Crippen LogP contribution in [0.2, 0.25) is 0 Å². The fourth-order valence-electron chi connectivity index (χ4n) is 1.35. The number of hydrogen-bond donors (Lipinski definition) is 3. The van der Waals surface area contributed by atoms with Crippen LogP contribution in [0.5, 0.6) is 0 Å². The van der Waals surface area contributed by atoms with Gasteiger partial charge in [0.25, 0.3) is 0 Å². The molecular formula is C14H22N2O5P+. The van der Waals surface area contributed by atoms with Gasteiger partial charge in [0.1, 0.15) is 6.61 Å². The van der Waals surface area contributed by atoms with E-state index in [1.807, 2.05) is 35.8 Å². The van der Waals surface area contributed by atoms with Crippen molar-refractivity contribution in [2.75, 3.05) is 12.8 Å². The van der Waals surface area contributed by atoms with E-state index in [1.165, 1.54) is 5.56 Å². The second-order valence-electron chi connectivity index (χ2n) is 4.31. The van der Waals surface area contributed by atoms with E-state index in [4.69, 9.17) is 4.89 Å². The highest BCUT2D eigenvalue weighted by molar-refractivity contribution is 7.37. The minimum atomic E-state index is -1.95. The monoisotopic (exact) mass is 329 g/mol. The van der Waals surface area contributed by atoms with Crippen LogP contribution < -0.4 is 11.2 Å². The van der Waals surface area contributed by atoms with Crippen molar-refractivity contribution >= 4 is 19.8 Å². The van der Waals surface area contributed by atoms with Crippen molar-refractivity contribution in [3.63, 3.8) is 0 Å². The van der Waals surface area contributed by atoms with Crippen LogP contribution in [-0.4, -0.2) is 29.5 Å². The largest absolute Gasteiger partial charge is 0.505 e. The predicted octanol–water partition coefficient (Wildman–Crippen LogP) is 1.92. The van der Waals surface area contributed by atoms with Gasteiger partial charge < -0.3 is 5.73 Å². The lowest BCUT2D eigenvalue weighted by molar-refractivity contribution is -0.124. The van der Waals surface area contributed by atoms with Crippen molar-refractivity contribution in [2.45, 2.75) is 26.2 Å². The summed E-state index contributed by atoms with van der Waals surface area (Å²) < 4.78 is 10.3. The maximum Gasteiger partial charge on any atom is 0.505 e. The molecule has 4 N–H and O–H groups in total. The second kappa shape index (κ2) is 12.9. The van der Waals surface area contributed by atoms with E-state index in [0.717, 1.165) is 12.8 Å². The first kappa shape index (κ1) is 20.2. The van der Waals surface area contributed by atoms with Crippen LogP contribution >= 0.6 is 8.03 Å². The van der Waals surface area contributed by atoms with E-state index in [-0.39, 0.29) is 12.4 Å². The van der Waals surface area contributed by atoms with Crippen LogP contribution in [0.4, 0.5) is 4.79 Å². The average molecular weight is 329 g/mol. The number of nitrogens with two attached hydrogens (primary N) is 1. The van der Waals surface area contributed by atoms with Crippen LogP contribution in [0.15, 0.2) is 30.3 Å². The second-order valence-corrected chi connectivity index (χ2v) is 5.46. The lowest BCUT2D eigenvalue weighted by Crippen LogP contribution is -2.31. The smallest absolute Gasteiger partial charge is 0.350 e. The Morgan fingerprint density at radius 2 is 1.95 bits per heavy atom. The van der Waals surface area contributed by atoms with Crippen molar-refractivity contribution in [3.8, 4) is 0 Å². The van der Waals surface area contributed by atoms with Gasteiger partial charge in [0.05, 0.1) is 0 Å². The molecule has 0 aromatic heterocycles. The minimum Gasteiger partial charge on any atom is -0.350 e. The van der Waals surface area contributed by atoms with E-state index < -0.39 is 14.1 Å². The third-order valence-corrected chi connectivity index (χ3v) is 3.16. The molecule has 0 saturated heterocycles. The summed E-state index contributed by atoms with van der Waals surface area (Å²) in [5, 5.41) is 0. The quantitative estimate of drug-likeness (QED) is 0.497. The zero-order chi connectivity index (χ0) is 16.8. The first-order valence-corrected chi connectivity index (χ1v) is 8.21. The highest BCUT2D eigenvalue weighted by Gasteiger charge is 2.08. The molecule has 7 nitrogen and oxygen atoms in total. The van der Waals surface area contributed by atoms with Gasteiger partial charge in [-0.3, -0.25) is 9.63 Å². The molecule has 22 heavy (non-hydrogen) atoms. The van der Waals surface area contributed by atoms with E-state index >= 15 is 0 Å². The lowest BCUT2D eigenvalue weighted by atomic mass is 10.1. The molecule has 8 heteroatoms. The van der Waals surface area contributed by atoms with Crippen molar-refractivity contribution in [1.29, 1.82) is 0 Å². The molecule has 1 rings (SSSR count). The van der Waals surface area contributed by atoms with E-state index in [9.17, 15) is 14.2 Å². The van der Waals surface area contributed by atoms with Crippen LogP contribution in [-0.2, 0) is 20.6 Å². The number of hydrogen-bond acceptors (Lipinski definition) is 4.